The first-order valence-corrected chi connectivity index (χ1v) is 6.01. The van der Waals surface area contributed by atoms with Crippen molar-refractivity contribution in [3.63, 3.8) is 0 Å². The fourth-order valence-corrected chi connectivity index (χ4v) is 1.93. The Morgan fingerprint density at radius 3 is 2.61 bits per heavy atom. The van der Waals surface area contributed by atoms with Crippen LogP contribution in [-0.4, -0.2) is 11.1 Å². The minimum atomic E-state index is -0.990. The van der Waals surface area contributed by atoms with Gasteiger partial charge >= 0.3 is 5.97 Å². The SMILES string of the molecule is Nc1cc(C(=O)O)ccc1Nc1cccc(Br)c1. The first-order valence-electron chi connectivity index (χ1n) is 5.21. The molecule has 0 spiro atoms. The molecule has 0 aliphatic carbocycles. The lowest BCUT2D eigenvalue weighted by Crippen LogP contribution is -2.01. The van der Waals surface area contributed by atoms with E-state index in [0.717, 1.165) is 10.2 Å². The Labute approximate surface area is 113 Å². The summed E-state index contributed by atoms with van der Waals surface area (Å²) in [7, 11) is 0. The second-order valence-electron chi connectivity index (χ2n) is 3.74. The molecule has 0 saturated carbocycles. The number of nitrogens with one attached hydrogen (secondary N) is 1. The van der Waals surface area contributed by atoms with Gasteiger partial charge in [-0.1, -0.05) is 22.0 Å². The number of carboxylic acids is 1. The summed E-state index contributed by atoms with van der Waals surface area (Å²) in [5.41, 5.74) is 7.93. The predicted octanol–water partition coefficient (Wildman–Crippen LogP) is 3.47. The fraction of sp³-hybridized carbons (Fsp3) is 0. The van der Waals surface area contributed by atoms with E-state index in [0.29, 0.717) is 11.4 Å². The summed E-state index contributed by atoms with van der Waals surface area (Å²) in [6.07, 6.45) is 0. The van der Waals surface area contributed by atoms with Crippen LogP contribution < -0.4 is 11.1 Å². The van der Waals surface area contributed by atoms with Crippen LogP contribution in [0.2, 0.25) is 0 Å². The van der Waals surface area contributed by atoms with E-state index >= 15 is 0 Å². The number of nitrogens with two attached hydrogens (primary N) is 1. The Hall–Kier alpha value is -2.01. The van der Waals surface area contributed by atoms with Crippen molar-refractivity contribution in [2.45, 2.75) is 0 Å². The molecule has 2 aromatic carbocycles. The summed E-state index contributed by atoms with van der Waals surface area (Å²) in [4.78, 5) is 10.8. The van der Waals surface area contributed by atoms with E-state index in [1.807, 2.05) is 24.3 Å². The lowest BCUT2D eigenvalue weighted by molar-refractivity contribution is 0.0697. The van der Waals surface area contributed by atoms with Gasteiger partial charge in [0.15, 0.2) is 0 Å². The molecule has 4 nitrogen and oxygen atoms in total. The molecule has 0 aromatic heterocycles. The van der Waals surface area contributed by atoms with Crippen LogP contribution in [0.15, 0.2) is 46.9 Å². The minimum Gasteiger partial charge on any atom is -0.478 e. The highest BCUT2D eigenvalue weighted by molar-refractivity contribution is 9.10. The van der Waals surface area contributed by atoms with Gasteiger partial charge in [-0.3, -0.25) is 0 Å². The third-order valence-electron chi connectivity index (χ3n) is 2.40. The van der Waals surface area contributed by atoms with Gasteiger partial charge in [-0.2, -0.15) is 0 Å². The molecular formula is C13H11BrN2O2. The molecule has 5 heteroatoms. The maximum absolute atomic E-state index is 10.8. The van der Waals surface area contributed by atoms with Gasteiger partial charge in [0.25, 0.3) is 0 Å². The molecule has 0 amide bonds. The normalized spacial score (nSPS) is 10.1. The number of carboxylic acid groups (broad SMARTS) is 1. The Morgan fingerprint density at radius 1 is 1.22 bits per heavy atom. The molecule has 18 heavy (non-hydrogen) atoms. The van der Waals surface area contributed by atoms with Crippen LogP contribution in [-0.2, 0) is 0 Å². The second-order valence-corrected chi connectivity index (χ2v) is 4.66. The zero-order valence-corrected chi connectivity index (χ0v) is 10.9. The number of rotatable bonds is 3. The van der Waals surface area contributed by atoms with Gasteiger partial charge in [-0.05, 0) is 36.4 Å². The van der Waals surface area contributed by atoms with Gasteiger partial charge in [-0.15, -0.1) is 0 Å². The number of nitrogen functional groups attached to an aromatic ring is 1. The molecule has 0 radical (unpaired) electrons. The van der Waals surface area contributed by atoms with E-state index in [1.54, 1.807) is 6.07 Å². The molecule has 0 heterocycles. The van der Waals surface area contributed by atoms with Crippen molar-refractivity contribution < 1.29 is 9.90 Å². The maximum Gasteiger partial charge on any atom is 0.335 e. The first kappa shape index (κ1) is 12.4. The molecule has 4 N–H and O–H groups in total. The Morgan fingerprint density at radius 2 is 2.00 bits per heavy atom. The zero-order chi connectivity index (χ0) is 13.1. The van der Waals surface area contributed by atoms with Crippen molar-refractivity contribution in [1.82, 2.24) is 0 Å². The number of benzene rings is 2. The van der Waals surface area contributed by atoms with E-state index in [2.05, 4.69) is 21.2 Å². The average Bonchev–Trinajstić information content (AvgIpc) is 2.31. The summed E-state index contributed by atoms with van der Waals surface area (Å²) in [6.45, 7) is 0. The van der Waals surface area contributed by atoms with E-state index < -0.39 is 5.97 Å². The number of hydrogen-bond donors (Lipinski definition) is 3. The largest absolute Gasteiger partial charge is 0.478 e. The van der Waals surface area contributed by atoms with Crippen LogP contribution in [0.5, 0.6) is 0 Å². The van der Waals surface area contributed by atoms with Crippen molar-refractivity contribution in [1.29, 1.82) is 0 Å². The number of halogens is 1. The number of hydrogen-bond acceptors (Lipinski definition) is 3. The Kier molecular flexibility index (Phi) is 3.53. The highest BCUT2D eigenvalue weighted by Gasteiger charge is 2.06. The van der Waals surface area contributed by atoms with Crippen LogP contribution in [0.25, 0.3) is 0 Å². The van der Waals surface area contributed by atoms with Gasteiger partial charge in [0.2, 0.25) is 0 Å². The van der Waals surface area contributed by atoms with E-state index in [-0.39, 0.29) is 5.56 Å². The molecule has 0 saturated heterocycles. The Balaban J connectivity index is 2.27. The second kappa shape index (κ2) is 5.10. The first-order chi connectivity index (χ1) is 8.56. The molecule has 0 aliphatic heterocycles. The lowest BCUT2D eigenvalue weighted by atomic mass is 10.1. The number of aromatic carboxylic acids is 1. The highest BCUT2D eigenvalue weighted by atomic mass is 79.9. The van der Waals surface area contributed by atoms with Crippen molar-refractivity contribution in [3.05, 3.63) is 52.5 Å². The standard InChI is InChI=1S/C13H11BrN2O2/c14-9-2-1-3-10(7-9)16-12-5-4-8(13(17)18)6-11(12)15/h1-7,16H,15H2,(H,17,18). The number of anilines is 3. The van der Waals surface area contributed by atoms with Crippen molar-refractivity contribution in [3.8, 4) is 0 Å². The predicted molar refractivity (Wildman–Crippen MR) is 75.2 cm³/mol. The van der Waals surface area contributed by atoms with Crippen molar-refractivity contribution in [2.75, 3.05) is 11.1 Å². The number of carbonyl (C=O) groups is 1. The molecule has 2 aromatic rings. The molecule has 0 unspecified atom stereocenters. The van der Waals surface area contributed by atoms with Crippen LogP contribution in [0.1, 0.15) is 10.4 Å². The topological polar surface area (TPSA) is 75.4 Å². The van der Waals surface area contributed by atoms with Gasteiger partial charge in [0.1, 0.15) is 0 Å². The molecular weight excluding hydrogens is 296 g/mol. The summed E-state index contributed by atoms with van der Waals surface area (Å²) < 4.78 is 0.952. The summed E-state index contributed by atoms with van der Waals surface area (Å²) >= 11 is 3.38. The fourth-order valence-electron chi connectivity index (χ4n) is 1.53. The monoisotopic (exact) mass is 306 g/mol. The van der Waals surface area contributed by atoms with Gasteiger partial charge in [0, 0.05) is 10.2 Å². The smallest absolute Gasteiger partial charge is 0.335 e. The van der Waals surface area contributed by atoms with Crippen molar-refractivity contribution >= 4 is 39.0 Å². The van der Waals surface area contributed by atoms with Crippen molar-refractivity contribution in [2.24, 2.45) is 0 Å². The van der Waals surface area contributed by atoms with Crippen LogP contribution >= 0.6 is 15.9 Å². The summed E-state index contributed by atoms with van der Waals surface area (Å²) in [5, 5.41) is 12.0. The van der Waals surface area contributed by atoms with Crippen LogP contribution in [0, 0.1) is 0 Å². The van der Waals surface area contributed by atoms with Crippen LogP contribution in [0.3, 0.4) is 0 Å². The maximum atomic E-state index is 10.8. The van der Waals surface area contributed by atoms with E-state index in [4.69, 9.17) is 10.8 Å². The van der Waals surface area contributed by atoms with Crippen LogP contribution in [0.4, 0.5) is 17.1 Å². The summed E-state index contributed by atoms with van der Waals surface area (Å²) in [6, 6.07) is 12.2. The lowest BCUT2D eigenvalue weighted by Gasteiger charge is -2.10. The minimum absolute atomic E-state index is 0.173. The quantitative estimate of drug-likeness (QED) is 0.759. The molecule has 0 bridgehead atoms. The zero-order valence-electron chi connectivity index (χ0n) is 9.35. The highest BCUT2D eigenvalue weighted by Crippen LogP contribution is 2.25. The summed E-state index contributed by atoms with van der Waals surface area (Å²) in [5.74, 6) is -0.990. The molecule has 92 valence electrons. The third kappa shape index (κ3) is 2.81. The van der Waals surface area contributed by atoms with E-state index in [1.165, 1.54) is 12.1 Å². The third-order valence-corrected chi connectivity index (χ3v) is 2.90. The average molecular weight is 307 g/mol. The van der Waals surface area contributed by atoms with Gasteiger partial charge in [-0.25, -0.2) is 4.79 Å². The van der Waals surface area contributed by atoms with E-state index in [9.17, 15) is 4.79 Å². The molecule has 2 rings (SSSR count). The molecule has 0 aliphatic rings. The Bertz CT molecular complexity index is 599. The van der Waals surface area contributed by atoms with Gasteiger partial charge < -0.3 is 16.2 Å². The molecule has 0 fully saturated rings. The molecule has 0 atom stereocenters. The van der Waals surface area contributed by atoms with Gasteiger partial charge in [0.05, 0.1) is 16.9 Å².